The van der Waals surface area contributed by atoms with Crippen molar-refractivity contribution < 1.29 is 14.2 Å². The molecule has 150 valence electrons. The fourth-order valence-corrected chi connectivity index (χ4v) is 3.66. The maximum absolute atomic E-state index is 5.42. The van der Waals surface area contributed by atoms with E-state index in [1.165, 1.54) is 5.56 Å². The Bertz CT molecular complexity index is 841. The number of hydrogen-bond donors (Lipinski definition) is 2. The van der Waals surface area contributed by atoms with Crippen molar-refractivity contribution in [3.63, 3.8) is 0 Å². The molecule has 0 amide bonds. The van der Waals surface area contributed by atoms with Gasteiger partial charge < -0.3 is 24.8 Å². The third-order valence-corrected chi connectivity index (χ3v) is 5.53. The molecule has 0 unspecified atom stereocenters. The predicted octanol–water partition coefficient (Wildman–Crippen LogP) is 4.19. The van der Waals surface area contributed by atoms with E-state index in [9.17, 15) is 0 Å². The molecule has 1 aliphatic carbocycles. The Morgan fingerprint density at radius 3 is 2.25 bits per heavy atom. The van der Waals surface area contributed by atoms with Gasteiger partial charge in [-0.2, -0.15) is 0 Å². The zero-order valence-electron chi connectivity index (χ0n) is 16.6. The summed E-state index contributed by atoms with van der Waals surface area (Å²) in [5.41, 5.74) is 2.31. The molecule has 3 rings (SSSR count). The number of ether oxygens (including phenoxy) is 3. The summed E-state index contributed by atoms with van der Waals surface area (Å²) in [6.07, 6.45) is 2.33. The van der Waals surface area contributed by atoms with Gasteiger partial charge in [-0.1, -0.05) is 28.1 Å². The van der Waals surface area contributed by atoms with Crippen LogP contribution in [0.15, 0.2) is 45.9 Å². The Morgan fingerprint density at radius 1 is 1.07 bits per heavy atom. The van der Waals surface area contributed by atoms with Crippen LogP contribution < -0.4 is 24.8 Å². The largest absolute Gasteiger partial charge is 0.493 e. The van der Waals surface area contributed by atoms with E-state index in [4.69, 9.17) is 14.2 Å². The Labute approximate surface area is 174 Å². The second-order valence-electron chi connectivity index (χ2n) is 6.76. The Hall–Kier alpha value is -2.41. The molecular formula is C21H26BrN3O3. The van der Waals surface area contributed by atoms with Gasteiger partial charge in [-0.15, -0.1) is 0 Å². The summed E-state index contributed by atoms with van der Waals surface area (Å²) in [6, 6.07) is 12.2. The lowest BCUT2D eigenvalue weighted by Gasteiger charge is -2.20. The number of benzene rings is 2. The smallest absolute Gasteiger partial charge is 0.203 e. The Morgan fingerprint density at radius 2 is 1.75 bits per heavy atom. The van der Waals surface area contributed by atoms with E-state index in [0.717, 1.165) is 29.5 Å². The van der Waals surface area contributed by atoms with Crippen LogP contribution in [0.25, 0.3) is 0 Å². The molecule has 0 saturated heterocycles. The lowest BCUT2D eigenvalue weighted by molar-refractivity contribution is 0.324. The van der Waals surface area contributed by atoms with Crippen LogP contribution in [0.2, 0.25) is 0 Å². The van der Waals surface area contributed by atoms with Crippen molar-refractivity contribution in [1.29, 1.82) is 0 Å². The SMILES string of the molecule is CN=C(NCC1(c2cccc(Br)c2)CC1)Nc1cc(OC)c(OC)c(OC)c1. The van der Waals surface area contributed by atoms with Crippen molar-refractivity contribution >= 4 is 27.6 Å². The van der Waals surface area contributed by atoms with Crippen molar-refractivity contribution in [1.82, 2.24) is 5.32 Å². The quantitative estimate of drug-likeness (QED) is 0.491. The minimum atomic E-state index is 0.163. The van der Waals surface area contributed by atoms with E-state index in [1.54, 1.807) is 28.4 Å². The number of rotatable bonds is 7. The lowest BCUT2D eigenvalue weighted by atomic mass is 9.96. The number of guanidine groups is 1. The zero-order chi connectivity index (χ0) is 20.1. The van der Waals surface area contributed by atoms with Gasteiger partial charge in [0.1, 0.15) is 0 Å². The molecule has 0 spiro atoms. The summed E-state index contributed by atoms with van der Waals surface area (Å²) in [5, 5.41) is 6.76. The van der Waals surface area contributed by atoms with Gasteiger partial charge in [0.15, 0.2) is 17.5 Å². The molecular weight excluding hydrogens is 422 g/mol. The average molecular weight is 448 g/mol. The van der Waals surface area contributed by atoms with Gasteiger partial charge in [-0.05, 0) is 30.5 Å². The van der Waals surface area contributed by atoms with Crippen LogP contribution in [0.1, 0.15) is 18.4 Å². The zero-order valence-corrected chi connectivity index (χ0v) is 18.2. The second-order valence-corrected chi connectivity index (χ2v) is 7.67. The van der Waals surface area contributed by atoms with Crippen LogP contribution in [0.3, 0.4) is 0 Å². The maximum atomic E-state index is 5.42. The number of anilines is 1. The van der Waals surface area contributed by atoms with Gasteiger partial charge in [-0.25, -0.2) is 0 Å². The Balaban J connectivity index is 1.72. The van der Waals surface area contributed by atoms with Crippen molar-refractivity contribution in [3.8, 4) is 17.2 Å². The number of aliphatic imine (C=N–C) groups is 1. The third kappa shape index (κ3) is 4.35. The van der Waals surface area contributed by atoms with Gasteiger partial charge in [0, 0.05) is 41.3 Å². The fourth-order valence-electron chi connectivity index (χ4n) is 3.26. The average Bonchev–Trinajstić information content (AvgIpc) is 3.51. The monoisotopic (exact) mass is 447 g/mol. The molecule has 0 aliphatic heterocycles. The molecule has 0 atom stereocenters. The Kier molecular flexibility index (Phi) is 6.34. The van der Waals surface area contributed by atoms with Crippen LogP contribution in [-0.4, -0.2) is 40.9 Å². The number of nitrogens with zero attached hydrogens (tertiary/aromatic N) is 1. The summed E-state index contributed by atoms with van der Waals surface area (Å²) in [5.74, 6) is 2.43. The van der Waals surface area contributed by atoms with Crippen LogP contribution >= 0.6 is 15.9 Å². The molecule has 0 radical (unpaired) electrons. The van der Waals surface area contributed by atoms with E-state index >= 15 is 0 Å². The molecule has 0 aromatic heterocycles. The molecule has 2 aromatic rings. The molecule has 1 aliphatic rings. The molecule has 2 N–H and O–H groups in total. The standard InChI is InChI=1S/C21H26BrN3O3/c1-23-20(24-13-21(8-9-21)14-6-5-7-15(22)10-14)25-16-11-17(26-2)19(28-4)18(12-16)27-3/h5-7,10-12H,8-9,13H2,1-4H3,(H2,23,24,25). The minimum Gasteiger partial charge on any atom is -0.493 e. The van der Waals surface area contributed by atoms with Crippen molar-refractivity contribution in [2.75, 3.05) is 40.2 Å². The normalized spacial score (nSPS) is 15.0. The summed E-state index contributed by atoms with van der Waals surface area (Å²) in [6.45, 7) is 0.813. The fraction of sp³-hybridized carbons (Fsp3) is 0.381. The maximum Gasteiger partial charge on any atom is 0.203 e. The number of nitrogens with one attached hydrogen (secondary N) is 2. The van der Waals surface area contributed by atoms with Crippen LogP contribution in [0.4, 0.5) is 5.69 Å². The lowest BCUT2D eigenvalue weighted by Crippen LogP contribution is -2.36. The number of hydrogen-bond acceptors (Lipinski definition) is 4. The van der Waals surface area contributed by atoms with Gasteiger partial charge in [0.25, 0.3) is 0 Å². The summed E-state index contributed by atoms with van der Waals surface area (Å²) in [4.78, 5) is 4.35. The number of halogens is 1. The summed E-state index contributed by atoms with van der Waals surface area (Å²) in [7, 11) is 6.54. The van der Waals surface area contributed by atoms with Gasteiger partial charge in [0.05, 0.1) is 21.3 Å². The molecule has 7 heteroatoms. The molecule has 6 nitrogen and oxygen atoms in total. The molecule has 0 heterocycles. The predicted molar refractivity (Wildman–Crippen MR) is 116 cm³/mol. The highest BCUT2D eigenvalue weighted by Gasteiger charge is 2.44. The topological polar surface area (TPSA) is 64.1 Å². The van der Waals surface area contributed by atoms with Crippen molar-refractivity contribution in [2.24, 2.45) is 4.99 Å². The van der Waals surface area contributed by atoms with Gasteiger partial charge >= 0.3 is 0 Å². The van der Waals surface area contributed by atoms with E-state index < -0.39 is 0 Å². The highest BCUT2D eigenvalue weighted by molar-refractivity contribution is 9.10. The van der Waals surface area contributed by atoms with Crippen LogP contribution in [0, 0.1) is 0 Å². The second kappa shape index (κ2) is 8.73. The van der Waals surface area contributed by atoms with Crippen molar-refractivity contribution in [2.45, 2.75) is 18.3 Å². The highest BCUT2D eigenvalue weighted by Crippen LogP contribution is 2.48. The van der Waals surface area contributed by atoms with E-state index in [-0.39, 0.29) is 5.41 Å². The van der Waals surface area contributed by atoms with Crippen molar-refractivity contribution in [3.05, 3.63) is 46.4 Å². The molecule has 1 saturated carbocycles. The van der Waals surface area contributed by atoms with Crippen LogP contribution in [-0.2, 0) is 5.41 Å². The first kappa shape index (κ1) is 20.3. The van der Waals surface area contributed by atoms with E-state index in [0.29, 0.717) is 23.2 Å². The third-order valence-electron chi connectivity index (χ3n) is 5.04. The summed E-state index contributed by atoms with van der Waals surface area (Å²) < 4.78 is 17.3. The first-order valence-corrected chi connectivity index (χ1v) is 9.88. The summed E-state index contributed by atoms with van der Waals surface area (Å²) >= 11 is 3.57. The molecule has 0 bridgehead atoms. The highest BCUT2D eigenvalue weighted by atomic mass is 79.9. The molecule has 28 heavy (non-hydrogen) atoms. The van der Waals surface area contributed by atoms with E-state index in [1.807, 2.05) is 12.1 Å². The molecule has 2 aromatic carbocycles. The van der Waals surface area contributed by atoms with Gasteiger partial charge in [-0.3, -0.25) is 4.99 Å². The number of methoxy groups -OCH3 is 3. The molecule has 1 fully saturated rings. The minimum absolute atomic E-state index is 0.163. The first-order chi connectivity index (χ1) is 13.5. The first-order valence-electron chi connectivity index (χ1n) is 9.09. The van der Waals surface area contributed by atoms with E-state index in [2.05, 4.69) is 55.8 Å². The van der Waals surface area contributed by atoms with Crippen LogP contribution in [0.5, 0.6) is 17.2 Å². The van der Waals surface area contributed by atoms with Gasteiger partial charge in [0.2, 0.25) is 5.75 Å².